The molecule has 0 amide bonds. The molecule has 5 nitrogen and oxygen atoms in total. The Bertz CT molecular complexity index is 580. The molecule has 1 aromatic heterocycles. The van der Waals surface area contributed by atoms with Crippen molar-refractivity contribution in [1.82, 2.24) is 9.55 Å². The number of aryl methyl sites for hydroxylation is 1. The molecule has 2 rings (SSSR count). The van der Waals surface area contributed by atoms with Gasteiger partial charge in [0, 0.05) is 29.6 Å². The molecule has 6 heteroatoms. The fraction of sp³-hybridized carbons (Fsp3) is 0.286. The van der Waals surface area contributed by atoms with Gasteiger partial charge in [0.15, 0.2) is 0 Å². The summed E-state index contributed by atoms with van der Waals surface area (Å²) < 4.78 is 1.99. The topological polar surface area (TPSA) is 58.4 Å². The number of aliphatic carboxylic acids is 1. The SMILES string of the molecule is CCn1ccnc1CN(CC(=O)O)c1ccc(Cl)cc1. The summed E-state index contributed by atoms with van der Waals surface area (Å²) in [6.45, 7) is 3.18. The molecule has 0 unspecified atom stereocenters. The van der Waals surface area contributed by atoms with Crippen molar-refractivity contribution in [3.8, 4) is 0 Å². The summed E-state index contributed by atoms with van der Waals surface area (Å²) in [4.78, 5) is 17.1. The van der Waals surface area contributed by atoms with Crippen LogP contribution in [0.4, 0.5) is 5.69 Å². The first-order valence-corrected chi connectivity index (χ1v) is 6.70. The van der Waals surface area contributed by atoms with E-state index in [1.54, 1.807) is 23.2 Å². The van der Waals surface area contributed by atoms with Crippen LogP contribution in [0.25, 0.3) is 0 Å². The molecule has 1 aromatic carbocycles. The van der Waals surface area contributed by atoms with Crippen molar-refractivity contribution in [2.24, 2.45) is 0 Å². The fourth-order valence-corrected chi connectivity index (χ4v) is 2.13. The van der Waals surface area contributed by atoms with Crippen LogP contribution in [0.3, 0.4) is 0 Å². The van der Waals surface area contributed by atoms with Crippen molar-refractivity contribution < 1.29 is 9.90 Å². The van der Waals surface area contributed by atoms with E-state index in [0.717, 1.165) is 18.1 Å². The Balaban J connectivity index is 2.23. The Morgan fingerprint density at radius 3 is 2.70 bits per heavy atom. The third-order valence-corrected chi connectivity index (χ3v) is 3.24. The van der Waals surface area contributed by atoms with Gasteiger partial charge in [0.1, 0.15) is 12.4 Å². The van der Waals surface area contributed by atoms with Crippen LogP contribution in [0.5, 0.6) is 0 Å². The fourth-order valence-electron chi connectivity index (χ4n) is 2.00. The van der Waals surface area contributed by atoms with E-state index in [1.807, 2.05) is 29.8 Å². The predicted octanol–water partition coefficient (Wildman–Crippen LogP) is 2.65. The number of rotatable bonds is 6. The molecule has 1 N–H and O–H groups in total. The van der Waals surface area contributed by atoms with Crippen molar-refractivity contribution in [2.45, 2.75) is 20.0 Å². The van der Waals surface area contributed by atoms with Crippen LogP contribution in [0.1, 0.15) is 12.7 Å². The number of carbonyl (C=O) groups is 1. The number of benzene rings is 1. The second kappa shape index (κ2) is 6.43. The lowest BCUT2D eigenvalue weighted by Crippen LogP contribution is -2.30. The number of aromatic nitrogens is 2. The summed E-state index contributed by atoms with van der Waals surface area (Å²) in [5, 5.41) is 9.68. The second-order valence-corrected chi connectivity index (χ2v) is 4.79. The lowest BCUT2D eigenvalue weighted by Gasteiger charge is -2.23. The van der Waals surface area contributed by atoms with Gasteiger partial charge in [-0.05, 0) is 31.2 Å². The number of hydrogen-bond acceptors (Lipinski definition) is 3. The maximum absolute atomic E-state index is 11.0. The van der Waals surface area contributed by atoms with Crippen LogP contribution in [0, 0.1) is 0 Å². The average molecular weight is 294 g/mol. The largest absolute Gasteiger partial charge is 0.480 e. The quantitative estimate of drug-likeness (QED) is 0.889. The molecule has 0 saturated carbocycles. The Hall–Kier alpha value is -2.01. The van der Waals surface area contributed by atoms with Gasteiger partial charge < -0.3 is 14.6 Å². The third kappa shape index (κ3) is 3.51. The van der Waals surface area contributed by atoms with Crippen LogP contribution in [-0.2, 0) is 17.9 Å². The lowest BCUT2D eigenvalue weighted by atomic mass is 10.2. The van der Waals surface area contributed by atoms with E-state index in [0.29, 0.717) is 11.6 Å². The summed E-state index contributed by atoms with van der Waals surface area (Å²) in [7, 11) is 0. The minimum Gasteiger partial charge on any atom is -0.480 e. The van der Waals surface area contributed by atoms with Crippen molar-refractivity contribution in [1.29, 1.82) is 0 Å². The summed E-state index contributed by atoms with van der Waals surface area (Å²) in [5.74, 6) is -0.0433. The number of imidazole rings is 1. The first kappa shape index (κ1) is 14.4. The van der Waals surface area contributed by atoms with E-state index in [1.165, 1.54) is 0 Å². The van der Waals surface area contributed by atoms with E-state index >= 15 is 0 Å². The van der Waals surface area contributed by atoms with Gasteiger partial charge in [0.2, 0.25) is 0 Å². The highest BCUT2D eigenvalue weighted by Crippen LogP contribution is 2.19. The number of nitrogens with zero attached hydrogens (tertiary/aromatic N) is 3. The smallest absolute Gasteiger partial charge is 0.323 e. The molecule has 0 saturated heterocycles. The Kier molecular flexibility index (Phi) is 4.63. The maximum atomic E-state index is 11.0. The molecule has 0 spiro atoms. The van der Waals surface area contributed by atoms with Gasteiger partial charge in [-0.25, -0.2) is 4.98 Å². The van der Waals surface area contributed by atoms with E-state index in [-0.39, 0.29) is 6.54 Å². The average Bonchev–Trinajstić information content (AvgIpc) is 2.85. The summed E-state index contributed by atoms with van der Waals surface area (Å²) in [5.41, 5.74) is 0.808. The predicted molar refractivity (Wildman–Crippen MR) is 78.0 cm³/mol. The van der Waals surface area contributed by atoms with Crippen LogP contribution in [0.15, 0.2) is 36.7 Å². The standard InChI is InChI=1S/C14H16ClN3O2/c1-2-17-8-7-16-13(17)9-18(10-14(19)20)12-5-3-11(15)4-6-12/h3-8H,2,9-10H2,1H3,(H,19,20). The highest BCUT2D eigenvalue weighted by atomic mass is 35.5. The van der Waals surface area contributed by atoms with Crippen LogP contribution in [0.2, 0.25) is 5.02 Å². The minimum atomic E-state index is -0.880. The van der Waals surface area contributed by atoms with E-state index in [9.17, 15) is 4.79 Å². The molecule has 1 heterocycles. The molecule has 0 aliphatic heterocycles. The summed E-state index contributed by atoms with van der Waals surface area (Å²) in [6.07, 6.45) is 3.61. The normalized spacial score (nSPS) is 10.5. The van der Waals surface area contributed by atoms with Gasteiger partial charge in [-0.2, -0.15) is 0 Å². The van der Waals surface area contributed by atoms with Crippen molar-refractivity contribution >= 4 is 23.3 Å². The molecule has 0 aliphatic rings. The number of carboxylic acid groups (broad SMARTS) is 1. The Morgan fingerprint density at radius 1 is 1.40 bits per heavy atom. The molecule has 20 heavy (non-hydrogen) atoms. The molecule has 0 atom stereocenters. The van der Waals surface area contributed by atoms with E-state index in [4.69, 9.17) is 16.7 Å². The van der Waals surface area contributed by atoms with E-state index in [2.05, 4.69) is 4.98 Å². The zero-order valence-corrected chi connectivity index (χ0v) is 11.9. The molecule has 0 aliphatic carbocycles. The molecule has 0 fully saturated rings. The highest BCUT2D eigenvalue weighted by molar-refractivity contribution is 6.30. The minimum absolute atomic E-state index is 0.0851. The second-order valence-electron chi connectivity index (χ2n) is 4.36. The molecular weight excluding hydrogens is 278 g/mol. The van der Waals surface area contributed by atoms with E-state index < -0.39 is 5.97 Å². The lowest BCUT2D eigenvalue weighted by molar-refractivity contribution is -0.135. The van der Waals surface area contributed by atoms with Gasteiger partial charge in [-0.1, -0.05) is 11.6 Å². The van der Waals surface area contributed by atoms with Crippen molar-refractivity contribution in [3.05, 3.63) is 47.5 Å². The number of carboxylic acids is 1. The molecular formula is C14H16ClN3O2. The van der Waals surface area contributed by atoms with Crippen LogP contribution >= 0.6 is 11.6 Å². The highest BCUT2D eigenvalue weighted by Gasteiger charge is 2.14. The third-order valence-electron chi connectivity index (χ3n) is 2.99. The van der Waals surface area contributed by atoms with Gasteiger partial charge >= 0.3 is 5.97 Å². The van der Waals surface area contributed by atoms with Gasteiger partial charge in [-0.15, -0.1) is 0 Å². The van der Waals surface area contributed by atoms with Gasteiger partial charge in [-0.3, -0.25) is 4.79 Å². The maximum Gasteiger partial charge on any atom is 0.323 e. The summed E-state index contributed by atoms with van der Waals surface area (Å²) in [6, 6.07) is 7.12. The first-order valence-electron chi connectivity index (χ1n) is 6.32. The number of anilines is 1. The van der Waals surface area contributed by atoms with Crippen LogP contribution in [-0.4, -0.2) is 27.2 Å². The molecule has 0 bridgehead atoms. The molecule has 2 aromatic rings. The first-order chi connectivity index (χ1) is 9.60. The number of halogens is 1. The zero-order chi connectivity index (χ0) is 14.5. The van der Waals surface area contributed by atoms with Crippen LogP contribution < -0.4 is 4.90 Å². The Morgan fingerprint density at radius 2 is 2.10 bits per heavy atom. The number of hydrogen-bond donors (Lipinski definition) is 1. The van der Waals surface area contributed by atoms with Gasteiger partial charge in [0.05, 0.1) is 6.54 Å². The zero-order valence-electron chi connectivity index (χ0n) is 11.2. The van der Waals surface area contributed by atoms with Crippen molar-refractivity contribution in [3.63, 3.8) is 0 Å². The molecule has 0 radical (unpaired) electrons. The summed E-state index contributed by atoms with van der Waals surface area (Å²) >= 11 is 5.86. The van der Waals surface area contributed by atoms with Crippen molar-refractivity contribution in [2.75, 3.05) is 11.4 Å². The van der Waals surface area contributed by atoms with Gasteiger partial charge in [0.25, 0.3) is 0 Å². The molecule has 106 valence electrons. The monoisotopic (exact) mass is 293 g/mol. The Labute approximate surface area is 122 Å².